The Morgan fingerprint density at radius 2 is 0.933 bits per heavy atom. The topological polar surface area (TPSA) is 51.8 Å². The van der Waals surface area contributed by atoms with Gasteiger partial charge in [-0.2, -0.15) is 0 Å². The molecular formula is C10H24N2O3. The molecule has 0 saturated heterocycles. The highest BCUT2D eigenvalue weighted by atomic mass is 16.5. The summed E-state index contributed by atoms with van der Waals surface area (Å²) in [5, 5.41) is 6.01. The minimum Gasteiger partial charge on any atom is -0.378 e. The van der Waals surface area contributed by atoms with Crippen molar-refractivity contribution >= 4 is 0 Å². The fourth-order valence-corrected chi connectivity index (χ4v) is 0.890. The summed E-state index contributed by atoms with van der Waals surface area (Å²) in [5.74, 6) is 0. The summed E-state index contributed by atoms with van der Waals surface area (Å²) in [6.45, 7) is 5.81. The summed E-state index contributed by atoms with van der Waals surface area (Å²) in [4.78, 5) is 0. The second-order valence-electron chi connectivity index (χ2n) is 3.04. The molecule has 0 amide bonds. The molecule has 0 aromatic rings. The van der Waals surface area contributed by atoms with E-state index in [1.54, 1.807) is 0 Å². The molecule has 5 nitrogen and oxygen atoms in total. The number of rotatable bonds is 12. The number of nitrogens with one attached hydrogen (secondary N) is 2. The minimum absolute atomic E-state index is 0.638. The molecule has 0 radical (unpaired) electrons. The van der Waals surface area contributed by atoms with Crippen molar-refractivity contribution in [2.75, 3.05) is 66.8 Å². The smallest absolute Gasteiger partial charge is 0.0701 e. The summed E-state index contributed by atoms with van der Waals surface area (Å²) in [6, 6.07) is 0. The Bertz CT molecular complexity index is 103. The maximum atomic E-state index is 5.30. The maximum absolute atomic E-state index is 5.30. The van der Waals surface area contributed by atoms with Crippen LogP contribution in [0.4, 0.5) is 0 Å². The fourth-order valence-electron chi connectivity index (χ4n) is 0.890. The predicted molar refractivity (Wildman–Crippen MR) is 60.3 cm³/mol. The van der Waals surface area contributed by atoms with Crippen LogP contribution in [0.25, 0.3) is 0 Å². The highest BCUT2D eigenvalue weighted by Crippen LogP contribution is 1.80. The van der Waals surface area contributed by atoms with E-state index in [1.165, 1.54) is 0 Å². The first-order chi connectivity index (χ1) is 7.41. The van der Waals surface area contributed by atoms with Gasteiger partial charge in [0.1, 0.15) is 0 Å². The Morgan fingerprint density at radius 3 is 1.27 bits per heavy atom. The van der Waals surface area contributed by atoms with Crippen molar-refractivity contribution in [3.8, 4) is 0 Å². The lowest BCUT2D eigenvalue weighted by Gasteiger charge is -2.06. The van der Waals surface area contributed by atoms with E-state index in [4.69, 9.17) is 14.2 Å². The normalized spacial score (nSPS) is 10.8. The summed E-state index contributed by atoms with van der Waals surface area (Å²) >= 11 is 0. The molecule has 0 rings (SSSR count). The van der Waals surface area contributed by atoms with Gasteiger partial charge in [-0.3, -0.25) is 0 Å². The van der Waals surface area contributed by atoms with Crippen LogP contribution in [0.15, 0.2) is 0 Å². The van der Waals surface area contributed by atoms with Crippen LogP contribution in [0.2, 0.25) is 0 Å². The molecule has 0 aliphatic rings. The van der Waals surface area contributed by atoms with Crippen LogP contribution in [-0.2, 0) is 14.2 Å². The van der Waals surface area contributed by atoms with E-state index in [2.05, 4.69) is 10.6 Å². The van der Waals surface area contributed by atoms with Gasteiger partial charge in [0.25, 0.3) is 0 Å². The molecule has 92 valence electrons. The van der Waals surface area contributed by atoms with Gasteiger partial charge in [-0.15, -0.1) is 0 Å². The van der Waals surface area contributed by atoms with E-state index in [1.807, 2.05) is 14.1 Å². The van der Waals surface area contributed by atoms with Crippen LogP contribution < -0.4 is 10.6 Å². The largest absolute Gasteiger partial charge is 0.378 e. The Kier molecular flexibility index (Phi) is 13.6. The zero-order valence-electron chi connectivity index (χ0n) is 9.88. The Morgan fingerprint density at radius 1 is 0.600 bits per heavy atom. The molecular weight excluding hydrogens is 196 g/mol. The summed E-state index contributed by atoms with van der Waals surface area (Å²) in [7, 11) is 3.81. The van der Waals surface area contributed by atoms with Crippen LogP contribution >= 0.6 is 0 Å². The van der Waals surface area contributed by atoms with Gasteiger partial charge in [-0.1, -0.05) is 0 Å². The molecule has 0 aromatic heterocycles. The molecule has 0 unspecified atom stereocenters. The van der Waals surface area contributed by atoms with Gasteiger partial charge < -0.3 is 24.8 Å². The van der Waals surface area contributed by atoms with Crippen LogP contribution in [0.3, 0.4) is 0 Å². The zero-order valence-corrected chi connectivity index (χ0v) is 9.88. The predicted octanol–water partition coefficient (Wildman–Crippen LogP) is -0.525. The average molecular weight is 220 g/mol. The van der Waals surface area contributed by atoms with Crippen LogP contribution in [-0.4, -0.2) is 66.8 Å². The molecule has 0 fully saturated rings. The minimum atomic E-state index is 0.638. The van der Waals surface area contributed by atoms with Crippen LogP contribution in [0, 0.1) is 0 Å². The van der Waals surface area contributed by atoms with Gasteiger partial charge in [0.05, 0.1) is 39.6 Å². The van der Waals surface area contributed by atoms with E-state index in [0.29, 0.717) is 26.4 Å². The monoisotopic (exact) mass is 220 g/mol. The summed E-state index contributed by atoms with van der Waals surface area (Å²) < 4.78 is 15.9. The van der Waals surface area contributed by atoms with E-state index < -0.39 is 0 Å². The van der Waals surface area contributed by atoms with E-state index >= 15 is 0 Å². The van der Waals surface area contributed by atoms with Crippen molar-refractivity contribution in [3.05, 3.63) is 0 Å². The number of ether oxygens (including phenoxy) is 3. The van der Waals surface area contributed by atoms with Gasteiger partial charge in [-0.05, 0) is 14.1 Å². The highest BCUT2D eigenvalue weighted by molar-refractivity contribution is 4.38. The molecule has 0 bridgehead atoms. The zero-order chi connectivity index (χ0) is 11.2. The molecule has 5 heteroatoms. The number of hydrogen-bond donors (Lipinski definition) is 2. The van der Waals surface area contributed by atoms with Gasteiger partial charge in [0.15, 0.2) is 0 Å². The second-order valence-corrected chi connectivity index (χ2v) is 3.04. The third-order valence-electron chi connectivity index (χ3n) is 1.74. The Balaban J connectivity index is 2.81. The van der Waals surface area contributed by atoms with E-state index in [0.717, 1.165) is 26.3 Å². The summed E-state index contributed by atoms with van der Waals surface area (Å²) in [5.41, 5.74) is 0. The van der Waals surface area contributed by atoms with Crippen molar-refractivity contribution in [1.82, 2.24) is 10.6 Å². The lowest BCUT2D eigenvalue weighted by molar-refractivity contribution is 0.0161. The van der Waals surface area contributed by atoms with Crippen molar-refractivity contribution in [1.29, 1.82) is 0 Å². The first-order valence-corrected chi connectivity index (χ1v) is 5.44. The maximum Gasteiger partial charge on any atom is 0.0701 e. The van der Waals surface area contributed by atoms with Crippen molar-refractivity contribution in [3.63, 3.8) is 0 Å². The quantitative estimate of drug-likeness (QED) is 0.433. The SMILES string of the molecule is CNCCOCCOCCOCCNC. The first-order valence-electron chi connectivity index (χ1n) is 5.44. The Labute approximate surface area is 92.5 Å². The molecule has 15 heavy (non-hydrogen) atoms. The number of likely N-dealkylation sites (N-methyl/N-ethyl adjacent to an activating group) is 2. The van der Waals surface area contributed by atoms with E-state index in [-0.39, 0.29) is 0 Å². The second kappa shape index (κ2) is 13.8. The van der Waals surface area contributed by atoms with Crippen LogP contribution in [0.1, 0.15) is 0 Å². The molecule has 0 spiro atoms. The standard InChI is InChI=1S/C10H24N2O3/c1-11-3-5-13-7-9-15-10-8-14-6-4-12-2/h11-12H,3-10H2,1-2H3. The highest BCUT2D eigenvalue weighted by Gasteiger charge is 1.90. The first kappa shape index (κ1) is 14.8. The lowest BCUT2D eigenvalue weighted by Crippen LogP contribution is -2.18. The molecule has 0 aliphatic heterocycles. The van der Waals surface area contributed by atoms with Crippen molar-refractivity contribution < 1.29 is 14.2 Å². The lowest BCUT2D eigenvalue weighted by atomic mass is 10.6. The molecule has 0 heterocycles. The fraction of sp³-hybridized carbons (Fsp3) is 1.00. The molecule has 2 N–H and O–H groups in total. The third kappa shape index (κ3) is 13.8. The molecule has 0 atom stereocenters. The van der Waals surface area contributed by atoms with Crippen molar-refractivity contribution in [2.45, 2.75) is 0 Å². The molecule has 0 aliphatic carbocycles. The van der Waals surface area contributed by atoms with Gasteiger partial charge in [-0.25, -0.2) is 0 Å². The average Bonchev–Trinajstić information content (AvgIpc) is 2.26. The molecule has 0 aromatic carbocycles. The third-order valence-corrected chi connectivity index (χ3v) is 1.74. The summed E-state index contributed by atoms with van der Waals surface area (Å²) in [6.07, 6.45) is 0. The van der Waals surface area contributed by atoms with Crippen LogP contribution in [0.5, 0.6) is 0 Å². The van der Waals surface area contributed by atoms with Gasteiger partial charge >= 0.3 is 0 Å². The van der Waals surface area contributed by atoms with Gasteiger partial charge in [0, 0.05) is 13.1 Å². The number of hydrogen-bond acceptors (Lipinski definition) is 5. The Hall–Kier alpha value is -0.200. The molecule has 0 saturated carbocycles. The van der Waals surface area contributed by atoms with Crippen molar-refractivity contribution in [2.24, 2.45) is 0 Å². The van der Waals surface area contributed by atoms with E-state index in [9.17, 15) is 0 Å². The van der Waals surface area contributed by atoms with Gasteiger partial charge in [0.2, 0.25) is 0 Å².